The number of carboxylic acids is 1. The molecule has 1 aromatic heterocycles. The first-order chi connectivity index (χ1) is 9.66. The lowest BCUT2D eigenvalue weighted by molar-refractivity contribution is -0.141. The van der Waals surface area contributed by atoms with Gasteiger partial charge < -0.3 is 5.11 Å². The molecule has 0 bridgehead atoms. The van der Waals surface area contributed by atoms with Crippen LogP contribution >= 0.6 is 15.9 Å². The highest BCUT2D eigenvalue weighted by atomic mass is 79.9. The van der Waals surface area contributed by atoms with E-state index in [0.717, 1.165) is 15.7 Å². The molecule has 2 rings (SSSR count). The molecule has 0 radical (unpaired) electrons. The molecule has 0 saturated carbocycles. The van der Waals surface area contributed by atoms with Gasteiger partial charge in [0.15, 0.2) is 0 Å². The average Bonchev–Trinajstić information content (AvgIpc) is 2.46. The summed E-state index contributed by atoms with van der Waals surface area (Å²) in [5.74, 6) is -1.15. The molecule has 2 aromatic rings. The van der Waals surface area contributed by atoms with Crippen LogP contribution in [0.4, 0.5) is 0 Å². The van der Waals surface area contributed by atoms with Crippen molar-refractivity contribution in [1.29, 1.82) is 0 Å². The van der Waals surface area contributed by atoms with E-state index in [2.05, 4.69) is 20.9 Å². The number of aliphatic carboxylic acids is 1. The van der Waals surface area contributed by atoms with Crippen LogP contribution in [0.25, 0.3) is 0 Å². The monoisotopic (exact) mass is 333 g/mol. The van der Waals surface area contributed by atoms with E-state index >= 15 is 0 Å². The second-order valence-corrected chi connectivity index (χ2v) is 5.54. The number of rotatable bonds is 6. The van der Waals surface area contributed by atoms with Gasteiger partial charge >= 0.3 is 5.97 Å². The standard InChI is InChI=1S/C16H16BrNO2/c17-15-7-2-1-5-12(15)11-13(16(19)20)8-9-14-6-3-4-10-18-14/h1-7,10,13H,8-9,11H2,(H,19,20). The van der Waals surface area contributed by atoms with Crippen LogP contribution in [0.2, 0.25) is 0 Å². The Hall–Kier alpha value is -1.68. The summed E-state index contributed by atoms with van der Waals surface area (Å²) in [4.78, 5) is 15.6. The van der Waals surface area contributed by atoms with Gasteiger partial charge in [0.05, 0.1) is 5.92 Å². The molecule has 1 N–H and O–H groups in total. The summed E-state index contributed by atoms with van der Waals surface area (Å²) in [5, 5.41) is 9.37. The van der Waals surface area contributed by atoms with Crippen LogP contribution in [-0.2, 0) is 17.6 Å². The van der Waals surface area contributed by atoms with Gasteiger partial charge in [-0.25, -0.2) is 0 Å². The maximum atomic E-state index is 11.4. The van der Waals surface area contributed by atoms with Gasteiger partial charge in [-0.2, -0.15) is 0 Å². The van der Waals surface area contributed by atoms with Gasteiger partial charge in [-0.1, -0.05) is 40.2 Å². The van der Waals surface area contributed by atoms with Gasteiger partial charge in [-0.3, -0.25) is 9.78 Å². The Morgan fingerprint density at radius 2 is 1.95 bits per heavy atom. The molecule has 4 heteroatoms. The van der Waals surface area contributed by atoms with E-state index in [1.807, 2.05) is 42.5 Å². The zero-order chi connectivity index (χ0) is 14.4. The van der Waals surface area contributed by atoms with Crippen molar-refractivity contribution in [2.75, 3.05) is 0 Å². The minimum absolute atomic E-state index is 0.393. The number of carboxylic acid groups (broad SMARTS) is 1. The minimum atomic E-state index is -0.753. The third-order valence-corrected chi connectivity index (χ3v) is 4.02. The summed E-state index contributed by atoms with van der Waals surface area (Å²) in [6.45, 7) is 0. The quantitative estimate of drug-likeness (QED) is 0.876. The molecular formula is C16H16BrNO2. The van der Waals surface area contributed by atoms with Gasteiger partial charge in [-0.05, 0) is 43.0 Å². The van der Waals surface area contributed by atoms with E-state index in [9.17, 15) is 9.90 Å². The second kappa shape index (κ2) is 7.20. The first kappa shape index (κ1) is 14.7. The SMILES string of the molecule is O=C(O)C(CCc1ccccn1)Cc1ccccc1Br. The molecule has 0 fully saturated rings. The van der Waals surface area contributed by atoms with Crippen LogP contribution < -0.4 is 0 Å². The Labute approximate surface area is 126 Å². The summed E-state index contributed by atoms with van der Waals surface area (Å²) in [6, 6.07) is 13.5. The maximum absolute atomic E-state index is 11.4. The third-order valence-electron chi connectivity index (χ3n) is 3.25. The number of pyridine rings is 1. The van der Waals surface area contributed by atoms with Crippen molar-refractivity contribution in [1.82, 2.24) is 4.98 Å². The molecule has 1 atom stereocenters. The lowest BCUT2D eigenvalue weighted by atomic mass is 9.94. The predicted octanol–water partition coefficient (Wildman–Crippen LogP) is 3.72. The number of nitrogens with zero attached hydrogens (tertiary/aromatic N) is 1. The van der Waals surface area contributed by atoms with Crippen molar-refractivity contribution in [3.63, 3.8) is 0 Å². The van der Waals surface area contributed by atoms with Gasteiger partial charge in [0.1, 0.15) is 0 Å². The Morgan fingerprint density at radius 1 is 1.20 bits per heavy atom. The highest BCUT2D eigenvalue weighted by molar-refractivity contribution is 9.10. The topological polar surface area (TPSA) is 50.2 Å². The fraction of sp³-hybridized carbons (Fsp3) is 0.250. The number of aromatic nitrogens is 1. The van der Waals surface area contributed by atoms with E-state index in [4.69, 9.17) is 0 Å². The number of halogens is 1. The maximum Gasteiger partial charge on any atom is 0.306 e. The molecule has 20 heavy (non-hydrogen) atoms. The number of hydrogen-bond donors (Lipinski definition) is 1. The summed E-state index contributed by atoms with van der Waals surface area (Å²) in [7, 11) is 0. The summed E-state index contributed by atoms with van der Waals surface area (Å²) in [6.07, 6.45) is 3.54. The fourth-order valence-corrected chi connectivity index (χ4v) is 2.56. The molecule has 0 saturated heterocycles. The smallest absolute Gasteiger partial charge is 0.306 e. The second-order valence-electron chi connectivity index (χ2n) is 4.69. The zero-order valence-electron chi connectivity index (χ0n) is 11.0. The Morgan fingerprint density at radius 3 is 2.60 bits per heavy atom. The zero-order valence-corrected chi connectivity index (χ0v) is 12.6. The van der Waals surface area contributed by atoms with Crippen LogP contribution in [-0.4, -0.2) is 16.1 Å². The highest BCUT2D eigenvalue weighted by Gasteiger charge is 2.19. The minimum Gasteiger partial charge on any atom is -0.481 e. The van der Waals surface area contributed by atoms with Gasteiger partial charge in [0.2, 0.25) is 0 Å². The summed E-state index contributed by atoms with van der Waals surface area (Å²) < 4.78 is 0.962. The number of benzene rings is 1. The molecule has 3 nitrogen and oxygen atoms in total. The Bertz CT molecular complexity index is 572. The number of hydrogen-bond acceptors (Lipinski definition) is 2. The summed E-state index contributed by atoms with van der Waals surface area (Å²) in [5.41, 5.74) is 1.96. The van der Waals surface area contributed by atoms with Crippen molar-refractivity contribution in [3.05, 3.63) is 64.4 Å². The molecule has 0 amide bonds. The average molecular weight is 334 g/mol. The molecular weight excluding hydrogens is 318 g/mol. The molecule has 0 spiro atoms. The van der Waals surface area contributed by atoms with Crippen LogP contribution in [0.5, 0.6) is 0 Å². The van der Waals surface area contributed by atoms with Crippen LogP contribution in [0, 0.1) is 5.92 Å². The van der Waals surface area contributed by atoms with Crippen LogP contribution in [0.15, 0.2) is 53.1 Å². The lowest BCUT2D eigenvalue weighted by Crippen LogP contribution is -2.17. The molecule has 1 aromatic carbocycles. The largest absolute Gasteiger partial charge is 0.481 e. The van der Waals surface area contributed by atoms with E-state index in [0.29, 0.717) is 19.3 Å². The van der Waals surface area contributed by atoms with Crippen molar-refractivity contribution in [2.24, 2.45) is 5.92 Å². The number of carbonyl (C=O) groups is 1. The van der Waals surface area contributed by atoms with E-state index in [1.54, 1.807) is 6.20 Å². The van der Waals surface area contributed by atoms with Gasteiger partial charge in [0, 0.05) is 16.4 Å². The lowest BCUT2D eigenvalue weighted by Gasteiger charge is -2.13. The Kier molecular flexibility index (Phi) is 5.30. The predicted molar refractivity (Wildman–Crippen MR) is 81.5 cm³/mol. The van der Waals surface area contributed by atoms with E-state index in [-0.39, 0.29) is 0 Å². The molecule has 0 aliphatic heterocycles. The molecule has 1 unspecified atom stereocenters. The van der Waals surface area contributed by atoms with E-state index < -0.39 is 11.9 Å². The Balaban J connectivity index is 2.01. The fourth-order valence-electron chi connectivity index (χ4n) is 2.11. The first-order valence-corrected chi connectivity index (χ1v) is 7.32. The van der Waals surface area contributed by atoms with Gasteiger partial charge in [-0.15, -0.1) is 0 Å². The van der Waals surface area contributed by atoms with Crippen molar-refractivity contribution in [3.8, 4) is 0 Å². The molecule has 0 aliphatic carbocycles. The van der Waals surface area contributed by atoms with Crippen LogP contribution in [0.3, 0.4) is 0 Å². The molecule has 1 heterocycles. The van der Waals surface area contributed by atoms with Gasteiger partial charge in [0.25, 0.3) is 0 Å². The van der Waals surface area contributed by atoms with Crippen LogP contribution in [0.1, 0.15) is 17.7 Å². The normalized spacial score (nSPS) is 12.1. The first-order valence-electron chi connectivity index (χ1n) is 6.53. The van der Waals surface area contributed by atoms with Crippen molar-refractivity contribution >= 4 is 21.9 Å². The highest BCUT2D eigenvalue weighted by Crippen LogP contribution is 2.22. The molecule has 104 valence electrons. The molecule has 0 aliphatic rings. The number of aryl methyl sites for hydroxylation is 1. The summed E-state index contributed by atoms with van der Waals surface area (Å²) >= 11 is 3.46. The van der Waals surface area contributed by atoms with Crippen molar-refractivity contribution in [2.45, 2.75) is 19.3 Å². The third kappa shape index (κ3) is 4.17. The van der Waals surface area contributed by atoms with Crippen molar-refractivity contribution < 1.29 is 9.90 Å². The van der Waals surface area contributed by atoms with E-state index in [1.165, 1.54) is 0 Å².